The van der Waals surface area contributed by atoms with Crippen molar-refractivity contribution in [3.8, 4) is 5.75 Å². The molecule has 2 fully saturated rings. The van der Waals surface area contributed by atoms with Gasteiger partial charge in [-0.3, -0.25) is 9.69 Å². The first kappa shape index (κ1) is 24.6. The number of carbonyl (C=O) groups is 1. The van der Waals surface area contributed by atoms with Crippen LogP contribution in [0.2, 0.25) is 0 Å². The number of fused-ring (bicyclic) bond motifs is 1. The van der Waals surface area contributed by atoms with Crippen LogP contribution in [-0.2, 0) is 11.3 Å². The van der Waals surface area contributed by atoms with Crippen LogP contribution in [0, 0.1) is 6.92 Å². The minimum absolute atomic E-state index is 0.0697. The Balaban J connectivity index is 1.34. The van der Waals surface area contributed by atoms with Crippen molar-refractivity contribution in [1.82, 2.24) is 9.47 Å². The van der Waals surface area contributed by atoms with Crippen LogP contribution in [-0.4, -0.2) is 33.2 Å². The highest BCUT2D eigenvalue weighted by molar-refractivity contribution is 8.18. The van der Waals surface area contributed by atoms with Crippen LogP contribution < -0.4 is 4.74 Å². The smallest absolute Gasteiger partial charge is 0.267 e. The molecule has 2 aliphatic rings. The van der Waals surface area contributed by atoms with Gasteiger partial charge in [-0.2, -0.15) is 0 Å². The Bertz CT molecular complexity index is 1500. The van der Waals surface area contributed by atoms with E-state index in [0.717, 1.165) is 75.9 Å². The normalized spacial score (nSPS) is 18.3. The highest BCUT2D eigenvalue weighted by atomic mass is 32.2. The van der Waals surface area contributed by atoms with E-state index < -0.39 is 0 Å². The van der Waals surface area contributed by atoms with Crippen LogP contribution in [0.25, 0.3) is 17.0 Å². The maximum Gasteiger partial charge on any atom is 0.267 e. The first-order chi connectivity index (χ1) is 18.7. The van der Waals surface area contributed by atoms with Gasteiger partial charge in [0.15, 0.2) is 5.17 Å². The number of nitrogens with zero attached hydrogens (tertiary/aromatic N) is 3. The van der Waals surface area contributed by atoms with E-state index in [1.54, 1.807) is 0 Å². The Hall–Kier alpha value is -3.77. The Morgan fingerprint density at radius 2 is 1.63 bits per heavy atom. The van der Waals surface area contributed by atoms with Gasteiger partial charge in [0, 0.05) is 28.2 Å². The lowest BCUT2D eigenvalue weighted by atomic mass is 10.1. The molecule has 192 valence electrons. The van der Waals surface area contributed by atoms with Gasteiger partial charge in [0.25, 0.3) is 5.91 Å². The number of thioether (sulfide) groups is 1. The van der Waals surface area contributed by atoms with Gasteiger partial charge in [-0.1, -0.05) is 67.4 Å². The van der Waals surface area contributed by atoms with E-state index in [1.807, 2.05) is 65.6 Å². The molecule has 0 radical (unpaired) electrons. The van der Waals surface area contributed by atoms with E-state index in [1.165, 1.54) is 11.8 Å². The summed E-state index contributed by atoms with van der Waals surface area (Å²) < 4.78 is 8.29. The molecule has 0 spiro atoms. The number of hydrogen-bond acceptors (Lipinski definition) is 4. The lowest BCUT2D eigenvalue weighted by Gasteiger charge is -2.22. The highest BCUT2D eigenvalue weighted by Gasteiger charge is 2.39. The molecule has 38 heavy (non-hydrogen) atoms. The Labute approximate surface area is 227 Å². The van der Waals surface area contributed by atoms with Gasteiger partial charge in [0.1, 0.15) is 12.4 Å². The molecule has 0 bridgehead atoms. The van der Waals surface area contributed by atoms with Crippen molar-refractivity contribution >= 4 is 45.5 Å². The number of rotatable bonds is 7. The van der Waals surface area contributed by atoms with Crippen LogP contribution in [0.15, 0.2) is 94.8 Å². The van der Waals surface area contributed by atoms with E-state index in [9.17, 15) is 4.79 Å². The molecule has 6 rings (SSSR count). The SMILES string of the molecule is Cc1c(/C=C2\SC(=Nc3ccccc3)N(C3CCCC3)C2=O)c2ccccc2n1CCOc1ccccc1. The summed E-state index contributed by atoms with van der Waals surface area (Å²) in [4.78, 5) is 21.4. The second-order valence-electron chi connectivity index (χ2n) is 9.78. The summed E-state index contributed by atoms with van der Waals surface area (Å²) in [6, 6.07) is 28.5. The number of aliphatic imine (C=N–C) groups is 1. The molecule has 3 aromatic carbocycles. The molecule has 1 aliphatic carbocycles. The van der Waals surface area contributed by atoms with Crippen LogP contribution >= 0.6 is 11.8 Å². The zero-order valence-electron chi connectivity index (χ0n) is 21.5. The third kappa shape index (κ3) is 4.88. The molecule has 6 heteroatoms. The molecule has 5 nitrogen and oxygen atoms in total. The molecule has 4 aromatic rings. The minimum Gasteiger partial charge on any atom is -0.492 e. The number of amides is 1. The molecular weight excluding hydrogens is 490 g/mol. The van der Waals surface area contributed by atoms with Crippen molar-refractivity contribution < 1.29 is 9.53 Å². The van der Waals surface area contributed by atoms with Crippen molar-refractivity contribution in [2.24, 2.45) is 4.99 Å². The summed E-state index contributed by atoms with van der Waals surface area (Å²) >= 11 is 1.50. The molecule has 1 aromatic heterocycles. The fraction of sp³-hybridized carbons (Fsp3) is 0.250. The largest absolute Gasteiger partial charge is 0.492 e. The number of para-hydroxylation sites is 3. The molecule has 1 saturated heterocycles. The second-order valence-corrected chi connectivity index (χ2v) is 10.8. The molecule has 1 saturated carbocycles. The number of aromatic nitrogens is 1. The lowest BCUT2D eigenvalue weighted by Crippen LogP contribution is -2.37. The molecule has 0 N–H and O–H groups in total. The Morgan fingerprint density at radius 1 is 0.947 bits per heavy atom. The van der Waals surface area contributed by atoms with Gasteiger partial charge >= 0.3 is 0 Å². The molecule has 0 atom stereocenters. The lowest BCUT2D eigenvalue weighted by molar-refractivity contribution is -0.123. The summed E-state index contributed by atoms with van der Waals surface area (Å²) in [6.45, 7) is 3.42. The van der Waals surface area contributed by atoms with Crippen molar-refractivity contribution in [3.63, 3.8) is 0 Å². The van der Waals surface area contributed by atoms with Crippen molar-refractivity contribution in [3.05, 3.63) is 101 Å². The molecular formula is C32H31N3O2S. The van der Waals surface area contributed by atoms with Crippen LogP contribution in [0.5, 0.6) is 5.75 Å². The fourth-order valence-corrected chi connectivity index (χ4v) is 6.53. The molecule has 0 unspecified atom stereocenters. The molecule has 2 heterocycles. The van der Waals surface area contributed by atoms with E-state index in [-0.39, 0.29) is 11.9 Å². The van der Waals surface area contributed by atoms with E-state index in [2.05, 4.69) is 41.8 Å². The number of ether oxygens (including phenoxy) is 1. The summed E-state index contributed by atoms with van der Waals surface area (Å²) in [5.41, 5.74) is 4.24. The van der Waals surface area contributed by atoms with Gasteiger partial charge in [0.05, 0.1) is 17.1 Å². The number of amidine groups is 1. The van der Waals surface area contributed by atoms with Crippen molar-refractivity contribution in [2.75, 3.05) is 6.61 Å². The van der Waals surface area contributed by atoms with Crippen LogP contribution in [0.1, 0.15) is 36.9 Å². The summed E-state index contributed by atoms with van der Waals surface area (Å²) in [6.07, 6.45) is 6.47. The highest BCUT2D eigenvalue weighted by Crippen LogP contribution is 2.40. The van der Waals surface area contributed by atoms with Crippen molar-refractivity contribution in [2.45, 2.75) is 45.2 Å². The predicted molar refractivity (Wildman–Crippen MR) is 157 cm³/mol. The first-order valence-electron chi connectivity index (χ1n) is 13.3. The van der Waals surface area contributed by atoms with Crippen LogP contribution in [0.3, 0.4) is 0 Å². The second kappa shape index (κ2) is 10.9. The fourth-order valence-electron chi connectivity index (χ4n) is 5.49. The topological polar surface area (TPSA) is 46.8 Å². The Morgan fingerprint density at radius 3 is 2.39 bits per heavy atom. The maximum atomic E-state index is 13.8. The zero-order chi connectivity index (χ0) is 25.9. The summed E-state index contributed by atoms with van der Waals surface area (Å²) in [5.74, 6) is 0.939. The van der Waals surface area contributed by atoms with Gasteiger partial charge < -0.3 is 9.30 Å². The standard InChI is InChI=1S/C32H31N3O2S/c1-23-28(27-18-10-11-19-29(27)34(23)20-21-37-26-16-6-3-7-17-26)22-30-31(36)35(25-14-8-9-15-25)32(38-30)33-24-12-4-2-5-13-24/h2-7,10-13,16-19,22,25H,8-9,14-15,20-21H2,1H3/b30-22-,33-32?. The predicted octanol–water partition coefficient (Wildman–Crippen LogP) is 7.58. The third-order valence-corrected chi connectivity index (χ3v) is 8.37. The minimum atomic E-state index is 0.0697. The zero-order valence-corrected chi connectivity index (χ0v) is 22.4. The molecule has 1 amide bonds. The van der Waals surface area contributed by atoms with Gasteiger partial charge in [0.2, 0.25) is 0 Å². The number of benzene rings is 3. The average molecular weight is 522 g/mol. The van der Waals surface area contributed by atoms with E-state index in [4.69, 9.17) is 9.73 Å². The Kier molecular flexibility index (Phi) is 7.06. The van der Waals surface area contributed by atoms with Gasteiger partial charge in [-0.25, -0.2) is 4.99 Å². The van der Waals surface area contributed by atoms with Crippen LogP contribution in [0.4, 0.5) is 5.69 Å². The number of carbonyl (C=O) groups excluding carboxylic acids is 1. The van der Waals surface area contributed by atoms with Gasteiger partial charge in [-0.05, 0) is 67.9 Å². The first-order valence-corrected chi connectivity index (χ1v) is 14.1. The molecule has 1 aliphatic heterocycles. The third-order valence-electron chi connectivity index (χ3n) is 7.39. The van der Waals surface area contributed by atoms with Crippen molar-refractivity contribution in [1.29, 1.82) is 0 Å². The summed E-state index contributed by atoms with van der Waals surface area (Å²) in [7, 11) is 0. The quantitative estimate of drug-likeness (QED) is 0.236. The summed E-state index contributed by atoms with van der Waals surface area (Å²) in [5, 5.41) is 1.93. The van der Waals surface area contributed by atoms with Gasteiger partial charge in [-0.15, -0.1) is 0 Å². The monoisotopic (exact) mass is 521 g/mol. The van der Waals surface area contributed by atoms with E-state index >= 15 is 0 Å². The average Bonchev–Trinajstić information content (AvgIpc) is 3.64. The number of hydrogen-bond donors (Lipinski definition) is 0. The van der Waals surface area contributed by atoms with E-state index in [0.29, 0.717) is 6.61 Å². The maximum absolute atomic E-state index is 13.8.